The zero-order valence-electron chi connectivity index (χ0n) is 11.5. The van der Waals surface area contributed by atoms with Gasteiger partial charge in [-0.3, -0.25) is 0 Å². The normalized spacial score (nSPS) is 28.2. The van der Waals surface area contributed by atoms with Crippen LogP contribution in [0.1, 0.15) is 46.5 Å². The van der Waals surface area contributed by atoms with Crippen molar-refractivity contribution in [3.63, 3.8) is 0 Å². The van der Waals surface area contributed by atoms with Gasteiger partial charge >= 0.3 is 6.03 Å². The van der Waals surface area contributed by atoms with E-state index in [-0.39, 0.29) is 18.2 Å². The fraction of sp³-hybridized carbons (Fsp3) is 0.923. The summed E-state index contributed by atoms with van der Waals surface area (Å²) >= 11 is 0. The Morgan fingerprint density at radius 1 is 1.24 bits per heavy atom. The van der Waals surface area contributed by atoms with Crippen LogP contribution in [-0.4, -0.2) is 31.3 Å². The standard InChI is InChI=1S/C13H26N2O2/c1-9-5-7-12(8-6-9)15-13(16)14-10(2)11(3)17-4/h9-12H,5-8H2,1-4H3,(H2,14,15,16)/t9?,10-,11-,12?/m0/s1. The Kier molecular flexibility index (Phi) is 5.75. The molecule has 1 saturated carbocycles. The summed E-state index contributed by atoms with van der Waals surface area (Å²) in [6.45, 7) is 6.18. The molecule has 0 heterocycles. The van der Waals surface area contributed by atoms with Crippen LogP contribution in [0, 0.1) is 5.92 Å². The van der Waals surface area contributed by atoms with Crippen molar-refractivity contribution in [3.05, 3.63) is 0 Å². The summed E-state index contributed by atoms with van der Waals surface area (Å²) in [6, 6.07) is 0.305. The van der Waals surface area contributed by atoms with Gasteiger partial charge in [0.05, 0.1) is 12.1 Å². The van der Waals surface area contributed by atoms with Crippen molar-refractivity contribution < 1.29 is 9.53 Å². The molecule has 0 bridgehead atoms. The van der Waals surface area contributed by atoms with Gasteiger partial charge in [-0.2, -0.15) is 0 Å². The van der Waals surface area contributed by atoms with E-state index in [1.54, 1.807) is 7.11 Å². The van der Waals surface area contributed by atoms with E-state index in [0.717, 1.165) is 18.8 Å². The third-order valence-corrected chi connectivity index (χ3v) is 3.79. The fourth-order valence-electron chi connectivity index (χ4n) is 2.16. The molecule has 2 atom stereocenters. The van der Waals surface area contributed by atoms with Crippen molar-refractivity contribution in [1.29, 1.82) is 0 Å². The van der Waals surface area contributed by atoms with E-state index < -0.39 is 0 Å². The monoisotopic (exact) mass is 242 g/mol. The quantitative estimate of drug-likeness (QED) is 0.794. The molecule has 0 spiro atoms. The highest BCUT2D eigenvalue weighted by Crippen LogP contribution is 2.23. The van der Waals surface area contributed by atoms with Gasteiger partial charge in [0.2, 0.25) is 0 Å². The molecular formula is C13H26N2O2. The number of urea groups is 1. The Hall–Kier alpha value is -0.770. The highest BCUT2D eigenvalue weighted by atomic mass is 16.5. The van der Waals surface area contributed by atoms with E-state index in [1.165, 1.54) is 12.8 Å². The largest absolute Gasteiger partial charge is 0.380 e. The lowest BCUT2D eigenvalue weighted by Gasteiger charge is -2.28. The first-order valence-electron chi connectivity index (χ1n) is 6.62. The molecule has 0 aromatic rings. The second kappa shape index (κ2) is 6.84. The van der Waals surface area contributed by atoms with Crippen LogP contribution in [0.3, 0.4) is 0 Å². The van der Waals surface area contributed by atoms with E-state index >= 15 is 0 Å². The van der Waals surface area contributed by atoms with E-state index in [0.29, 0.717) is 6.04 Å². The Bertz CT molecular complexity index is 238. The van der Waals surface area contributed by atoms with Gasteiger partial charge in [-0.25, -0.2) is 4.79 Å². The van der Waals surface area contributed by atoms with Crippen LogP contribution in [0.4, 0.5) is 4.79 Å². The molecule has 1 aliphatic carbocycles. The minimum Gasteiger partial charge on any atom is -0.380 e. The Balaban J connectivity index is 2.25. The lowest BCUT2D eigenvalue weighted by atomic mass is 9.87. The van der Waals surface area contributed by atoms with Crippen molar-refractivity contribution in [1.82, 2.24) is 10.6 Å². The maximum absolute atomic E-state index is 11.7. The molecule has 17 heavy (non-hydrogen) atoms. The predicted molar refractivity (Wildman–Crippen MR) is 69.0 cm³/mol. The summed E-state index contributed by atoms with van der Waals surface area (Å²) in [5, 5.41) is 5.96. The molecule has 0 saturated heterocycles. The van der Waals surface area contributed by atoms with Crippen molar-refractivity contribution in [2.24, 2.45) is 5.92 Å². The molecular weight excluding hydrogens is 216 g/mol. The lowest BCUT2D eigenvalue weighted by Crippen LogP contribution is -2.49. The van der Waals surface area contributed by atoms with Crippen molar-refractivity contribution in [3.8, 4) is 0 Å². The van der Waals surface area contributed by atoms with Crippen LogP contribution in [0.5, 0.6) is 0 Å². The number of carbonyl (C=O) groups excluding carboxylic acids is 1. The van der Waals surface area contributed by atoms with Crippen LogP contribution in [0.2, 0.25) is 0 Å². The van der Waals surface area contributed by atoms with Crippen molar-refractivity contribution in [2.75, 3.05) is 7.11 Å². The van der Waals surface area contributed by atoms with Crippen LogP contribution in [-0.2, 0) is 4.74 Å². The SMILES string of the molecule is CO[C@@H](C)[C@H](C)NC(=O)NC1CCC(C)CC1. The van der Waals surface area contributed by atoms with E-state index in [9.17, 15) is 4.79 Å². The number of hydrogen-bond acceptors (Lipinski definition) is 2. The number of ether oxygens (including phenoxy) is 1. The highest BCUT2D eigenvalue weighted by molar-refractivity contribution is 5.74. The zero-order valence-corrected chi connectivity index (χ0v) is 11.5. The number of carbonyl (C=O) groups is 1. The van der Waals surface area contributed by atoms with Gasteiger partial charge in [0, 0.05) is 13.2 Å². The second-order valence-electron chi connectivity index (χ2n) is 5.30. The molecule has 1 aliphatic rings. The van der Waals surface area contributed by atoms with Crippen LogP contribution >= 0.6 is 0 Å². The molecule has 1 rings (SSSR count). The maximum atomic E-state index is 11.7. The molecule has 0 radical (unpaired) electrons. The van der Waals surface area contributed by atoms with Gasteiger partial charge in [0.1, 0.15) is 0 Å². The summed E-state index contributed by atoms with van der Waals surface area (Å²) in [5.41, 5.74) is 0. The molecule has 4 heteroatoms. The van der Waals surface area contributed by atoms with Gasteiger partial charge in [-0.05, 0) is 45.4 Å². The average molecular weight is 242 g/mol. The highest BCUT2D eigenvalue weighted by Gasteiger charge is 2.21. The first-order chi connectivity index (χ1) is 8.02. The summed E-state index contributed by atoms with van der Waals surface area (Å²) in [6.07, 6.45) is 4.67. The molecule has 4 nitrogen and oxygen atoms in total. The summed E-state index contributed by atoms with van der Waals surface area (Å²) in [7, 11) is 1.66. The summed E-state index contributed by atoms with van der Waals surface area (Å²) in [4.78, 5) is 11.7. The Morgan fingerprint density at radius 2 is 1.82 bits per heavy atom. The molecule has 0 aromatic heterocycles. The molecule has 2 amide bonds. The number of nitrogens with one attached hydrogen (secondary N) is 2. The van der Waals surface area contributed by atoms with E-state index in [4.69, 9.17) is 4.74 Å². The molecule has 1 fully saturated rings. The minimum atomic E-state index is -0.0686. The van der Waals surface area contributed by atoms with Crippen LogP contribution in [0.15, 0.2) is 0 Å². The van der Waals surface area contributed by atoms with Gasteiger partial charge in [0.15, 0.2) is 0 Å². The first-order valence-corrected chi connectivity index (χ1v) is 6.62. The van der Waals surface area contributed by atoms with Gasteiger partial charge in [-0.15, -0.1) is 0 Å². The van der Waals surface area contributed by atoms with Gasteiger partial charge in [0.25, 0.3) is 0 Å². The first kappa shape index (κ1) is 14.3. The Labute approximate surface area is 104 Å². The molecule has 0 aromatic carbocycles. The second-order valence-corrected chi connectivity index (χ2v) is 5.30. The van der Waals surface area contributed by atoms with Crippen LogP contribution in [0.25, 0.3) is 0 Å². The lowest BCUT2D eigenvalue weighted by molar-refractivity contribution is 0.0908. The number of amides is 2. The number of hydrogen-bond donors (Lipinski definition) is 2. The fourth-order valence-corrected chi connectivity index (χ4v) is 2.16. The van der Waals surface area contributed by atoms with Crippen molar-refractivity contribution in [2.45, 2.75) is 64.6 Å². The average Bonchev–Trinajstić information content (AvgIpc) is 2.30. The Morgan fingerprint density at radius 3 is 2.35 bits per heavy atom. The number of rotatable bonds is 4. The third kappa shape index (κ3) is 4.94. The maximum Gasteiger partial charge on any atom is 0.315 e. The smallest absolute Gasteiger partial charge is 0.315 e. The molecule has 0 unspecified atom stereocenters. The molecule has 0 aliphatic heterocycles. The van der Waals surface area contributed by atoms with Crippen molar-refractivity contribution >= 4 is 6.03 Å². The van der Waals surface area contributed by atoms with Crippen LogP contribution < -0.4 is 10.6 Å². The zero-order chi connectivity index (χ0) is 12.8. The minimum absolute atomic E-state index is 0.0301. The summed E-state index contributed by atoms with van der Waals surface area (Å²) < 4.78 is 5.17. The van der Waals surface area contributed by atoms with E-state index in [2.05, 4.69) is 17.6 Å². The predicted octanol–water partition coefficient (Wildman–Crippen LogP) is 2.29. The van der Waals surface area contributed by atoms with Gasteiger partial charge in [-0.1, -0.05) is 6.92 Å². The summed E-state index contributed by atoms with van der Waals surface area (Å²) in [5.74, 6) is 0.809. The molecule has 2 N–H and O–H groups in total. The number of methoxy groups -OCH3 is 1. The topological polar surface area (TPSA) is 50.4 Å². The third-order valence-electron chi connectivity index (χ3n) is 3.79. The molecule has 100 valence electrons. The van der Waals surface area contributed by atoms with E-state index in [1.807, 2.05) is 13.8 Å². The van der Waals surface area contributed by atoms with Gasteiger partial charge < -0.3 is 15.4 Å².